The minimum absolute atomic E-state index is 0.141. The SMILES string of the molecule is CC(C)CCC(=O)NCC(=O)OCC(=O)Nc1ccc(C(=O)N(C)C)cc1. The summed E-state index contributed by atoms with van der Waals surface area (Å²) in [6, 6.07) is 6.37. The van der Waals surface area contributed by atoms with Crippen molar-refractivity contribution in [2.75, 3.05) is 32.6 Å². The minimum atomic E-state index is -0.685. The molecule has 1 aromatic carbocycles. The Morgan fingerprint density at radius 3 is 2.22 bits per heavy atom. The number of rotatable bonds is 9. The highest BCUT2D eigenvalue weighted by Crippen LogP contribution is 2.10. The number of carbonyl (C=O) groups is 4. The zero-order valence-corrected chi connectivity index (χ0v) is 16.2. The van der Waals surface area contributed by atoms with Crippen LogP contribution in [0.15, 0.2) is 24.3 Å². The Kier molecular flexibility index (Phi) is 8.98. The maximum atomic E-state index is 11.8. The van der Waals surface area contributed by atoms with Crippen LogP contribution in [0, 0.1) is 5.92 Å². The fourth-order valence-electron chi connectivity index (χ4n) is 2.03. The fourth-order valence-corrected chi connectivity index (χ4v) is 2.03. The van der Waals surface area contributed by atoms with Crippen LogP contribution in [0.1, 0.15) is 37.0 Å². The highest BCUT2D eigenvalue weighted by molar-refractivity contribution is 5.96. The van der Waals surface area contributed by atoms with Gasteiger partial charge in [0.15, 0.2) is 6.61 Å². The van der Waals surface area contributed by atoms with E-state index in [-0.39, 0.29) is 18.4 Å². The third-order valence-corrected chi connectivity index (χ3v) is 3.56. The molecule has 8 nitrogen and oxygen atoms in total. The number of carbonyl (C=O) groups excluding carboxylic acids is 4. The van der Waals surface area contributed by atoms with E-state index in [1.807, 2.05) is 13.8 Å². The van der Waals surface area contributed by atoms with Crippen LogP contribution < -0.4 is 10.6 Å². The van der Waals surface area contributed by atoms with Gasteiger partial charge in [-0.15, -0.1) is 0 Å². The van der Waals surface area contributed by atoms with Gasteiger partial charge in [-0.3, -0.25) is 19.2 Å². The predicted octanol–water partition coefficient (Wildman–Crippen LogP) is 1.42. The van der Waals surface area contributed by atoms with Gasteiger partial charge in [0.05, 0.1) is 0 Å². The molecule has 27 heavy (non-hydrogen) atoms. The Labute approximate surface area is 159 Å². The lowest BCUT2D eigenvalue weighted by Gasteiger charge is -2.11. The van der Waals surface area contributed by atoms with Crippen LogP contribution in [0.5, 0.6) is 0 Å². The second kappa shape index (κ2) is 10.9. The Morgan fingerprint density at radius 1 is 1.04 bits per heavy atom. The smallest absolute Gasteiger partial charge is 0.325 e. The zero-order chi connectivity index (χ0) is 20.4. The number of nitrogens with zero attached hydrogens (tertiary/aromatic N) is 1. The molecule has 0 aliphatic heterocycles. The molecule has 0 atom stereocenters. The van der Waals surface area contributed by atoms with Gasteiger partial charge in [-0.2, -0.15) is 0 Å². The Bertz CT molecular complexity index is 668. The van der Waals surface area contributed by atoms with Gasteiger partial charge < -0.3 is 20.3 Å². The van der Waals surface area contributed by atoms with Crippen LogP contribution >= 0.6 is 0 Å². The predicted molar refractivity (Wildman–Crippen MR) is 101 cm³/mol. The van der Waals surface area contributed by atoms with Crippen molar-refractivity contribution in [2.45, 2.75) is 26.7 Å². The van der Waals surface area contributed by atoms with Gasteiger partial charge in [0.1, 0.15) is 6.54 Å². The molecule has 0 spiro atoms. The Balaban J connectivity index is 2.33. The van der Waals surface area contributed by atoms with Crippen LogP contribution in [0.2, 0.25) is 0 Å². The number of benzene rings is 1. The Morgan fingerprint density at radius 2 is 1.67 bits per heavy atom. The molecule has 0 fully saturated rings. The minimum Gasteiger partial charge on any atom is -0.454 e. The summed E-state index contributed by atoms with van der Waals surface area (Å²) in [7, 11) is 3.30. The molecule has 0 unspecified atom stereocenters. The van der Waals surface area contributed by atoms with Crippen LogP contribution in [-0.2, 0) is 19.1 Å². The maximum absolute atomic E-state index is 11.8. The van der Waals surface area contributed by atoms with E-state index in [0.29, 0.717) is 23.6 Å². The molecule has 0 aromatic heterocycles. The molecule has 1 rings (SSSR count). The molecule has 0 saturated heterocycles. The van der Waals surface area contributed by atoms with Gasteiger partial charge in [0.25, 0.3) is 11.8 Å². The van der Waals surface area contributed by atoms with Crippen molar-refractivity contribution < 1.29 is 23.9 Å². The second-order valence-corrected chi connectivity index (χ2v) is 6.70. The quantitative estimate of drug-likeness (QED) is 0.633. The van der Waals surface area contributed by atoms with Crippen LogP contribution in [-0.4, -0.2) is 55.8 Å². The monoisotopic (exact) mass is 377 g/mol. The van der Waals surface area contributed by atoms with E-state index < -0.39 is 18.5 Å². The van der Waals surface area contributed by atoms with Crippen molar-refractivity contribution >= 4 is 29.4 Å². The summed E-state index contributed by atoms with van der Waals surface area (Å²) < 4.78 is 4.82. The zero-order valence-electron chi connectivity index (χ0n) is 16.2. The van der Waals surface area contributed by atoms with Crippen molar-refractivity contribution in [1.82, 2.24) is 10.2 Å². The van der Waals surface area contributed by atoms with E-state index in [1.165, 1.54) is 4.90 Å². The summed E-state index contributed by atoms with van der Waals surface area (Å²) in [5, 5.41) is 5.02. The van der Waals surface area contributed by atoms with Crippen LogP contribution in [0.25, 0.3) is 0 Å². The van der Waals surface area contributed by atoms with Crippen molar-refractivity contribution in [2.24, 2.45) is 5.92 Å². The molecule has 0 bridgehead atoms. The van der Waals surface area contributed by atoms with Crippen molar-refractivity contribution in [3.05, 3.63) is 29.8 Å². The highest BCUT2D eigenvalue weighted by Gasteiger charge is 2.11. The third-order valence-electron chi connectivity index (χ3n) is 3.56. The van der Waals surface area contributed by atoms with Crippen molar-refractivity contribution in [3.8, 4) is 0 Å². The number of ether oxygens (including phenoxy) is 1. The fraction of sp³-hybridized carbons (Fsp3) is 0.474. The van der Waals surface area contributed by atoms with Gasteiger partial charge >= 0.3 is 5.97 Å². The lowest BCUT2D eigenvalue weighted by molar-refractivity contribution is -0.147. The topological polar surface area (TPSA) is 105 Å². The second-order valence-electron chi connectivity index (χ2n) is 6.70. The first-order valence-electron chi connectivity index (χ1n) is 8.73. The van der Waals surface area contributed by atoms with Gasteiger partial charge in [-0.1, -0.05) is 13.8 Å². The third kappa shape index (κ3) is 8.84. The first-order chi connectivity index (χ1) is 12.7. The lowest BCUT2D eigenvalue weighted by Crippen LogP contribution is -2.32. The average Bonchev–Trinajstić information content (AvgIpc) is 2.62. The molecule has 0 radical (unpaired) electrons. The van der Waals surface area contributed by atoms with E-state index in [1.54, 1.807) is 38.4 Å². The molecule has 0 saturated carbocycles. The molecule has 0 heterocycles. The largest absolute Gasteiger partial charge is 0.454 e. The van der Waals surface area contributed by atoms with E-state index >= 15 is 0 Å². The molecular formula is C19H27N3O5. The molecule has 1 aromatic rings. The lowest BCUT2D eigenvalue weighted by atomic mass is 10.1. The Hall–Kier alpha value is -2.90. The average molecular weight is 377 g/mol. The summed E-state index contributed by atoms with van der Waals surface area (Å²) in [4.78, 5) is 48.1. The summed E-state index contributed by atoms with van der Waals surface area (Å²) in [6.45, 7) is 3.28. The summed E-state index contributed by atoms with van der Waals surface area (Å²) in [5.41, 5.74) is 0.978. The summed E-state index contributed by atoms with van der Waals surface area (Å²) in [6.07, 6.45) is 1.08. The van der Waals surface area contributed by atoms with E-state index in [4.69, 9.17) is 4.74 Å². The van der Waals surface area contributed by atoms with Gasteiger partial charge in [-0.05, 0) is 36.6 Å². The molecule has 3 amide bonds. The molecule has 2 N–H and O–H groups in total. The normalized spacial score (nSPS) is 10.3. The van der Waals surface area contributed by atoms with Crippen molar-refractivity contribution in [1.29, 1.82) is 0 Å². The van der Waals surface area contributed by atoms with Crippen molar-refractivity contribution in [3.63, 3.8) is 0 Å². The number of hydrogen-bond donors (Lipinski definition) is 2. The van der Waals surface area contributed by atoms with E-state index in [2.05, 4.69) is 10.6 Å². The van der Waals surface area contributed by atoms with Gasteiger partial charge in [0, 0.05) is 31.8 Å². The summed E-state index contributed by atoms with van der Waals surface area (Å²) in [5.74, 6) is -1.16. The number of anilines is 1. The highest BCUT2D eigenvalue weighted by atomic mass is 16.5. The number of nitrogens with one attached hydrogen (secondary N) is 2. The van der Waals surface area contributed by atoms with Crippen LogP contribution in [0.4, 0.5) is 5.69 Å². The number of hydrogen-bond acceptors (Lipinski definition) is 5. The van der Waals surface area contributed by atoms with E-state index in [0.717, 1.165) is 6.42 Å². The van der Waals surface area contributed by atoms with E-state index in [9.17, 15) is 19.2 Å². The standard InChI is InChI=1S/C19H27N3O5/c1-13(2)5-10-16(23)20-11-18(25)27-12-17(24)21-15-8-6-14(7-9-15)19(26)22(3)4/h6-9,13H,5,10-12H2,1-4H3,(H,20,23)(H,21,24). The van der Waals surface area contributed by atoms with Gasteiger partial charge in [0.2, 0.25) is 5.91 Å². The molecule has 0 aliphatic rings. The molecular weight excluding hydrogens is 350 g/mol. The summed E-state index contributed by atoms with van der Waals surface area (Å²) >= 11 is 0. The van der Waals surface area contributed by atoms with Crippen LogP contribution in [0.3, 0.4) is 0 Å². The molecule has 148 valence electrons. The number of esters is 1. The first kappa shape index (κ1) is 22.1. The molecule has 0 aliphatic carbocycles. The first-order valence-corrected chi connectivity index (χ1v) is 8.73. The maximum Gasteiger partial charge on any atom is 0.325 e. The van der Waals surface area contributed by atoms with Gasteiger partial charge in [-0.25, -0.2) is 0 Å². The molecule has 8 heteroatoms. The number of amides is 3.